The van der Waals surface area contributed by atoms with Gasteiger partial charge in [0.2, 0.25) is 0 Å². The van der Waals surface area contributed by atoms with E-state index in [2.05, 4.69) is 38.0 Å². The Morgan fingerprint density at radius 1 is 1.44 bits per heavy atom. The van der Waals surface area contributed by atoms with Gasteiger partial charge in [-0.1, -0.05) is 34.1 Å². The van der Waals surface area contributed by atoms with Crippen molar-refractivity contribution in [1.82, 2.24) is 5.32 Å². The van der Waals surface area contributed by atoms with Crippen LogP contribution in [0.2, 0.25) is 0 Å². The molecule has 3 N–H and O–H groups in total. The lowest BCUT2D eigenvalue weighted by Gasteiger charge is -2.21. The average molecular weight is 225 g/mol. The van der Waals surface area contributed by atoms with E-state index in [0.29, 0.717) is 17.9 Å². The Morgan fingerprint density at radius 3 is 2.62 bits per heavy atom. The first-order valence-corrected chi connectivity index (χ1v) is 6.61. The first-order valence-electron chi connectivity index (χ1n) is 6.61. The van der Waals surface area contributed by atoms with Crippen molar-refractivity contribution < 1.29 is 0 Å². The molecular formula is C13H27N3. The predicted octanol–water partition coefficient (Wildman–Crippen LogP) is 2.37. The van der Waals surface area contributed by atoms with E-state index in [0.717, 1.165) is 18.4 Å². The maximum Gasteiger partial charge on any atom is 0.188 e. The maximum atomic E-state index is 5.89. The standard InChI is InChI=1S/C13H27N3/c1-5-11-6-7-12(10(11)4)16-13(14)15-8-9(2)3/h9-12H,5-8H2,1-4H3,(H3,14,15,16). The Morgan fingerprint density at radius 2 is 2.12 bits per heavy atom. The van der Waals surface area contributed by atoms with Crippen molar-refractivity contribution in [3.05, 3.63) is 0 Å². The monoisotopic (exact) mass is 225 g/mol. The van der Waals surface area contributed by atoms with E-state index in [1.165, 1.54) is 19.3 Å². The molecule has 3 atom stereocenters. The van der Waals surface area contributed by atoms with Crippen LogP contribution in [0.4, 0.5) is 0 Å². The molecule has 1 fully saturated rings. The van der Waals surface area contributed by atoms with Crippen molar-refractivity contribution in [2.75, 3.05) is 6.54 Å². The predicted molar refractivity (Wildman–Crippen MR) is 70.4 cm³/mol. The minimum absolute atomic E-state index is 0.529. The number of hydrogen-bond acceptors (Lipinski definition) is 1. The Balaban J connectivity index is 2.40. The minimum atomic E-state index is 0.529. The topological polar surface area (TPSA) is 50.4 Å². The SMILES string of the molecule is CCC1CCC(NC(N)=NCC(C)C)C1C. The summed E-state index contributed by atoms with van der Waals surface area (Å²) in [6.45, 7) is 9.73. The summed E-state index contributed by atoms with van der Waals surface area (Å²) in [5.41, 5.74) is 5.89. The lowest BCUT2D eigenvalue weighted by Crippen LogP contribution is -2.42. The van der Waals surface area contributed by atoms with Crippen LogP contribution in [0.3, 0.4) is 0 Å². The van der Waals surface area contributed by atoms with Gasteiger partial charge in [-0.15, -0.1) is 0 Å². The van der Waals surface area contributed by atoms with Gasteiger partial charge in [0, 0.05) is 12.6 Å². The van der Waals surface area contributed by atoms with Gasteiger partial charge in [-0.2, -0.15) is 0 Å². The van der Waals surface area contributed by atoms with E-state index >= 15 is 0 Å². The third-order valence-corrected chi connectivity index (χ3v) is 3.71. The summed E-state index contributed by atoms with van der Waals surface area (Å²) in [7, 11) is 0. The Kier molecular flexibility index (Phi) is 5.10. The second-order valence-electron chi connectivity index (χ2n) is 5.48. The first kappa shape index (κ1) is 13.3. The molecule has 0 bridgehead atoms. The molecule has 0 saturated heterocycles. The smallest absolute Gasteiger partial charge is 0.188 e. The zero-order valence-corrected chi connectivity index (χ0v) is 11.2. The lowest BCUT2D eigenvalue weighted by molar-refractivity contribution is 0.367. The van der Waals surface area contributed by atoms with E-state index in [1.807, 2.05) is 0 Å². The summed E-state index contributed by atoms with van der Waals surface area (Å²) < 4.78 is 0. The van der Waals surface area contributed by atoms with Crippen LogP contribution in [0.5, 0.6) is 0 Å². The Hall–Kier alpha value is -0.730. The fourth-order valence-electron chi connectivity index (χ4n) is 2.54. The molecule has 0 aliphatic heterocycles. The van der Waals surface area contributed by atoms with Crippen molar-refractivity contribution >= 4 is 5.96 Å². The summed E-state index contributed by atoms with van der Waals surface area (Å²) in [5.74, 6) is 2.78. The molecule has 1 rings (SSSR count). The van der Waals surface area contributed by atoms with Gasteiger partial charge in [0.25, 0.3) is 0 Å². The van der Waals surface area contributed by atoms with Gasteiger partial charge < -0.3 is 11.1 Å². The largest absolute Gasteiger partial charge is 0.370 e. The van der Waals surface area contributed by atoms with Gasteiger partial charge in [0.15, 0.2) is 5.96 Å². The molecule has 3 nitrogen and oxygen atoms in total. The molecule has 1 saturated carbocycles. The van der Waals surface area contributed by atoms with E-state index in [9.17, 15) is 0 Å². The lowest BCUT2D eigenvalue weighted by atomic mass is 9.93. The summed E-state index contributed by atoms with van der Waals surface area (Å²) in [6.07, 6.45) is 3.84. The number of aliphatic imine (C=N–C) groups is 1. The quantitative estimate of drug-likeness (QED) is 0.570. The van der Waals surface area contributed by atoms with E-state index < -0.39 is 0 Å². The van der Waals surface area contributed by atoms with Crippen LogP contribution in [0.1, 0.15) is 47.0 Å². The molecule has 0 spiro atoms. The zero-order valence-electron chi connectivity index (χ0n) is 11.2. The van der Waals surface area contributed by atoms with Gasteiger partial charge in [0.1, 0.15) is 0 Å². The van der Waals surface area contributed by atoms with Crippen LogP contribution in [0.15, 0.2) is 4.99 Å². The van der Waals surface area contributed by atoms with Crippen LogP contribution < -0.4 is 11.1 Å². The Bertz CT molecular complexity index is 235. The number of guanidine groups is 1. The summed E-state index contributed by atoms with van der Waals surface area (Å²) in [6, 6.07) is 0.529. The van der Waals surface area contributed by atoms with Gasteiger partial charge in [0.05, 0.1) is 0 Å². The summed E-state index contributed by atoms with van der Waals surface area (Å²) in [4.78, 5) is 4.36. The molecule has 1 aliphatic rings. The van der Waals surface area contributed by atoms with Crippen LogP contribution in [0, 0.1) is 17.8 Å². The van der Waals surface area contributed by atoms with Gasteiger partial charge >= 0.3 is 0 Å². The normalized spacial score (nSPS) is 31.1. The highest BCUT2D eigenvalue weighted by Crippen LogP contribution is 2.33. The van der Waals surface area contributed by atoms with Gasteiger partial charge in [-0.3, -0.25) is 4.99 Å². The maximum absolute atomic E-state index is 5.89. The summed E-state index contributed by atoms with van der Waals surface area (Å²) in [5, 5.41) is 3.38. The van der Waals surface area contributed by atoms with E-state index in [4.69, 9.17) is 5.73 Å². The molecule has 1 aliphatic carbocycles. The van der Waals surface area contributed by atoms with Crippen molar-refractivity contribution in [2.24, 2.45) is 28.5 Å². The third kappa shape index (κ3) is 3.69. The van der Waals surface area contributed by atoms with Crippen LogP contribution in [-0.2, 0) is 0 Å². The molecule has 3 heteroatoms. The molecule has 0 radical (unpaired) electrons. The van der Waals surface area contributed by atoms with Crippen molar-refractivity contribution in [3.63, 3.8) is 0 Å². The van der Waals surface area contributed by atoms with Crippen molar-refractivity contribution in [1.29, 1.82) is 0 Å². The molecule has 16 heavy (non-hydrogen) atoms. The van der Waals surface area contributed by atoms with E-state index in [1.54, 1.807) is 0 Å². The Labute approximate surface area is 99.9 Å². The third-order valence-electron chi connectivity index (χ3n) is 3.71. The van der Waals surface area contributed by atoms with Crippen molar-refractivity contribution in [2.45, 2.75) is 53.0 Å². The molecule has 0 aromatic heterocycles. The highest BCUT2D eigenvalue weighted by molar-refractivity contribution is 5.78. The van der Waals surface area contributed by atoms with E-state index in [-0.39, 0.29) is 0 Å². The molecule has 94 valence electrons. The highest BCUT2D eigenvalue weighted by atomic mass is 15.1. The first-order chi connectivity index (χ1) is 7.54. The number of nitrogens with two attached hydrogens (primary N) is 1. The summed E-state index contributed by atoms with van der Waals surface area (Å²) >= 11 is 0. The minimum Gasteiger partial charge on any atom is -0.370 e. The molecule has 3 unspecified atom stereocenters. The number of rotatable bonds is 4. The highest BCUT2D eigenvalue weighted by Gasteiger charge is 2.31. The van der Waals surface area contributed by atoms with Crippen molar-refractivity contribution in [3.8, 4) is 0 Å². The second kappa shape index (κ2) is 6.12. The zero-order chi connectivity index (χ0) is 12.1. The van der Waals surface area contributed by atoms with Crippen LogP contribution in [0.25, 0.3) is 0 Å². The number of hydrogen-bond donors (Lipinski definition) is 2. The van der Waals surface area contributed by atoms with Gasteiger partial charge in [-0.25, -0.2) is 0 Å². The van der Waals surface area contributed by atoms with Crippen LogP contribution >= 0.6 is 0 Å². The van der Waals surface area contributed by atoms with Gasteiger partial charge in [-0.05, 0) is 30.6 Å². The molecule has 0 heterocycles. The fourth-order valence-corrected chi connectivity index (χ4v) is 2.54. The number of nitrogens with zero attached hydrogens (tertiary/aromatic N) is 1. The van der Waals surface area contributed by atoms with Crippen LogP contribution in [-0.4, -0.2) is 18.5 Å². The molecule has 0 amide bonds. The molecule has 0 aromatic carbocycles. The molecule has 0 aromatic rings. The number of nitrogens with one attached hydrogen (secondary N) is 1. The fraction of sp³-hybridized carbons (Fsp3) is 0.923. The molecular weight excluding hydrogens is 198 g/mol. The average Bonchev–Trinajstić information content (AvgIpc) is 2.57. The second-order valence-corrected chi connectivity index (χ2v) is 5.48.